The molecule has 19 heavy (non-hydrogen) atoms. The van der Waals surface area contributed by atoms with E-state index < -0.39 is 9.84 Å². The van der Waals surface area contributed by atoms with Crippen molar-refractivity contribution in [3.63, 3.8) is 0 Å². The number of allylic oxidation sites excluding steroid dienone is 1. The van der Waals surface area contributed by atoms with Crippen LogP contribution < -0.4 is 0 Å². The fourth-order valence-corrected chi connectivity index (χ4v) is 2.86. The Morgan fingerprint density at radius 3 is 2.05 bits per heavy atom. The van der Waals surface area contributed by atoms with Crippen molar-refractivity contribution in [2.75, 3.05) is 6.26 Å². The number of carbonyl (C=O) groups is 2. The van der Waals surface area contributed by atoms with Gasteiger partial charge in [0.1, 0.15) is 0 Å². The van der Waals surface area contributed by atoms with E-state index in [0.717, 1.165) is 6.26 Å². The second-order valence-electron chi connectivity index (χ2n) is 4.13. The van der Waals surface area contributed by atoms with Crippen LogP contribution in [-0.4, -0.2) is 26.2 Å². The Morgan fingerprint density at radius 2 is 1.68 bits per heavy atom. The maximum atomic E-state index is 11.4. The van der Waals surface area contributed by atoms with Gasteiger partial charge in [0.2, 0.25) is 0 Å². The van der Waals surface area contributed by atoms with Crippen molar-refractivity contribution >= 4 is 39.1 Å². The number of hydrogen-bond donors (Lipinski definition) is 0. The molecule has 0 amide bonds. The monoisotopic (exact) mass is 300 g/mol. The molecule has 0 radical (unpaired) electrons. The number of Topliss-reactive ketones (excluding diaryl/α,β-unsaturated/α-hetero) is 2. The highest BCUT2D eigenvalue weighted by Gasteiger charge is 2.13. The fourth-order valence-electron chi connectivity index (χ4n) is 1.53. The first-order chi connectivity index (χ1) is 8.62. The molecular weight excluding hydrogens is 288 g/mol. The number of carbonyl (C=O) groups excluding carboxylic acids is 2. The normalized spacial score (nSPS) is 10.9. The minimum absolute atomic E-state index is 0.0125. The highest BCUT2D eigenvalue weighted by molar-refractivity contribution is 7.90. The molecule has 0 unspecified atom stereocenters. The van der Waals surface area contributed by atoms with Crippen molar-refractivity contribution in [3.8, 4) is 0 Å². The predicted molar refractivity (Wildman–Crippen MR) is 73.9 cm³/mol. The number of benzene rings is 1. The van der Waals surface area contributed by atoms with Gasteiger partial charge in [-0.2, -0.15) is 0 Å². The fraction of sp³-hybridized carbons (Fsp3) is 0.231. The molecule has 6 heteroatoms. The Morgan fingerprint density at radius 1 is 1.16 bits per heavy atom. The van der Waals surface area contributed by atoms with E-state index in [0.29, 0.717) is 5.56 Å². The van der Waals surface area contributed by atoms with Crippen molar-refractivity contribution in [2.24, 2.45) is 0 Å². The number of sulfone groups is 1. The summed E-state index contributed by atoms with van der Waals surface area (Å²) in [6, 6.07) is 4.25. The van der Waals surface area contributed by atoms with Crippen LogP contribution in [0, 0.1) is 0 Å². The molecule has 0 spiro atoms. The Kier molecular flexibility index (Phi) is 4.66. The lowest BCUT2D eigenvalue weighted by molar-refractivity contribution is -0.119. The van der Waals surface area contributed by atoms with Crippen LogP contribution in [0.15, 0.2) is 28.7 Å². The van der Waals surface area contributed by atoms with Crippen molar-refractivity contribution in [1.82, 2.24) is 0 Å². The summed E-state index contributed by atoms with van der Waals surface area (Å²) in [5.41, 5.74) is 0.543. The van der Waals surface area contributed by atoms with E-state index in [-0.39, 0.29) is 27.1 Å². The van der Waals surface area contributed by atoms with Gasteiger partial charge in [-0.15, -0.1) is 0 Å². The summed E-state index contributed by atoms with van der Waals surface area (Å²) in [6.07, 6.45) is 2.45. The van der Waals surface area contributed by atoms with Crippen molar-refractivity contribution in [1.29, 1.82) is 0 Å². The first-order valence-corrected chi connectivity index (χ1v) is 7.63. The van der Waals surface area contributed by atoms with Gasteiger partial charge in [0, 0.05) is 6.26 Å². The Hall–Kier alpha value is -1.46. The molecule has 0 aliphatic heterocycles. The molecule has 0 aromatic heterocycles. The van der Waals surface area contributed by atoms with Gasteiger partial charge in [-0.3, -0.25) is 9.59 Å². The lowest BCUT2D eigenvalue weighted by Crippen LogP contribution is -2.05. The third kappa shape index (κ3) is 4.01. The van der Waals surface area contributed by atoms with Crippen LogP contribution in [-0.2, 0) is 19.4 Å². The third-order valence-corrected chi connectivity index (χ3v) is 4.00. The van der Waals surface area contributed by atoms with Gasteiger partial charge in [0.25, 0.3) is 0 Å². The minimum atomic E-state index is -3.40. The number of hydrogen-bond acceptors (Lipinski definition) is 4. The second kappa shape index (κ2) is 5.67. The summed E-state index contributed by atoms with van der Waals surface area (Å²) >= 11 is 5.88. The smallest absolute Gasteiger partial charge is 0.176 e. The second-order valence-corrected chi connectivity index (χ2v) is 6.52. The third-order valence-electron chi connectivity index (χ3n) is 2.43. The molecular formula is C13H13ClO4S. The minimum Gasteiger partial charge on any atom is -0.294 e. The van der Waals surface area contributed by atoms with Crippen LogP contribution in [0.3, 0.4) is 0 Å². The van der Waals surface area contributed by atoms with Gasteiger partial charge < -0.3 is 0 Å². The lowest BCUT2D eigenvalue weighted by atomic mass is 10.0. The van der Waals surface area contributed by atoms with Crippen LogP contribution in [0.25, 0.3) is 6.08 Å². The average Bonchev–Trinajstić information content (AvgIpc) is 2.23. The number of halogens is 1. The molecule has 0 N–H and O–H groups in total. The summed E-state index contributed by atoms with van der Waals surface area (Å²) in [5, 5.41) is 0.0581. The standard InChI is InChI=1S/C13H13ClO4S/c1-8(15)11(9(2)16)6-10-4-5-13(12(14)7-10)19(3,17)18/h4-7H,1-3H3. The average molecular weight is 301 g/mol. The maximum Gasteiger partial charge on any atom is 0.176 e. The van der Waals surface area contributed by atoms with Crippen molar-refractivity contribution in [3.05, 3.63) is 34.4 Å². The van der Waals surface area contributed by atoms with Crippen molar-refractivity contribution < 1.29 is 18.0 Å². The summed E-state index contributed by atoms with van der Waals surface area (Å²) in [4.78, 5) is 22.6. The van der Waals surface area contributed by atoms with E-state index in [1.165, 1.54) is 38.1 Å². The molecule has 1 aromatic rings. The zero-order chi connectivity index (χ0) is 14.8. The van der Waals surface area contributed by atoms with E-state index in [9.17, 15) is 18.0 Å². The van der Waals surface area contributed by atoms with Gasteiger partial charge in [0.15, 0.2) is 21.4 Å². The summed E-state index contributed by atoms with van der Waals surface area (Å²) in [7, 11) is -3.40. The Labute approximate surface area is 117 Å². The molecule has 0 aliphatic rings. The van der Waals surface area contributed by atoms with Crippen LogP contribution in [0.5, 0.6) is 0 Å². The molecule has 0 bridgehead atoms. The molecule has 0 fully saturated rings. The summed E-state index contributed by atoms with van der Waals surface area (Å²) in [6.45, 7) is 2.58. The van der Waals surface area contributed by atoms with Crippen LogP contribution in [0.1, 0.15) is 19.4 Å². The van der Waals surface area contributed by atoms with Crippen LogP contribution in [0.2, 0.25) is 5.02 Å². The largest absolute Gasteiger partial charge is 0.294 e. The van der Waals surface area contributed by atoms with E-state index in [2.05, 4.69) is 0 Å². The molecule has 4 nitrogen and oxygen atoms in total. The Balaban J connectivity index is 3.33. The van der Waals surface area contributed by atoms with E-state index >= 15 is 0 Å². The van der Waals surface area contributed by atoms with Crippen LogP contribution >= 0.6 is 11.6 Å². The molecule has 102 valence electrons. The highest BCUT2D eigenvalue weighted by atomic mass is 35.5. The van der Waals surface area contributed by atoms with E-state index in [1.807, 2.05) is 0 Å². The summed E-state index contributed by atoms with van der Waals surface area (Å²) in [5.74, 6) is -0.702. The van der Waals surface area contributed by atoms with Gasteiger partial charge in [-0.25, -0.2) is 8.42 Å². The van der Waals surface area contributed by atoms with Crippen LogP contribution in [0.4, 0.5) is 0 Å². The molecule has 1 aromatic carbocycles. The zero-order valence-corrected chi connectivity index (χ0v) is 12.3. The highest BCUT2D eigenvalue weighted by Crippen LogP contribution is 2.23. The molecule has 0 saturated heterocycles. The predicted octanol–water partition coefficient (Wildman–Crippen LogP) is 2.30. The quantitative estimate of drug-likeness (QED) is 0.486. The van der Waals surface area contributed by atoms with Gasteiger partial charge in [-0.1, -0.05) is 17.7 Å². The molecule has 0 atom stereocenters. The molecule has 0 saturated carbocycles. The number of rotatable bonds is 4. The van der Waals surface area contributed by atoms with Crippen molar-refractivity contribution in [2.45, 2.75) is 18.7 Å². The Bertz CT molecular complexity index is 656. The van der Waals surface area contributed by atoms with Gasteiger partial charge in [0.05, 0.1) is 15.5 Å². The first kappa shape index (κ1) is 15.6. The molecule has 0 heterocycles. The number of ketones is 2. The van der Waals surface area contributed by atoms with E-state index in [1.54, 1.807) is 0 Å². The zero-order valence-electron chi connectivity index (χ0n) is 10.7. The topological polar surface area (TPSA) is 68.3 Å². The van der Waals surface area contributed by atoms with Gasteiger partial charge in [-0.05, 0) is 37.6 Å². The summed E-state index contributed by atoms with van der Waals surface area (Å²) < 4.78 is 22.8. The molecule has 1 rings (SSSR count). The maximum absolute atomic E-state index is 11.4. The lowest BCUT2D eigenvalue weighted by Gasteiger charge is -2.04. The first-order valence-electron chi connectivity index (χ1n) is 5.36. The molecule has 0 aliphatic carbocycles. The van der Waals surface area contributed by atoms with E-state index in [4.69, 9.17) is 11.6 Å². The van der Waals surface area contributed by atoms with Gasteiger partial charge >= 0.3 is 0 Å². The SMILES string of the molecule is CC(=O)C(=Cc1ccc(S(C)(=O)=O)c(Cl)c1)C(C)=O.